The van der Waals surface area contributed by atoms with Gasteiger partial charge < -0.3 is 5.32 Å². The normalized spacial score (nSPS) is 9.64. The van der Waals surface area contributed by atoms with Crippen LogP contribution >= 0.6 is 0 Å². The van der Waals surface area contributed by atoms with Gasteiger partial charge in [-0.15, -0.1) is 0 Å². The molecule has 1 aromatic rings. The second kappa shape index (κ2) is 3.85. The fraction of sp³-hybridized carbons (Fsp3) is 0.286. The van der Waals surface area contributed by atoms with Gasteiger partial charge in [0.05, 0.1) is 0 Å². The first kappa shape index (κ1) is 7.91. The number of aromatic nitrogens is 1. The number of pyridine rings is 1. The summed E-state index contributed by atoms with van der Waals surface area (Å²) in [5, 5.41) is 2.50. The van der Waals surface area contributed by atoms with Crippen LogP contribution in [0.2, 0.25) is 0 Å². The van der Waals surface area contributed by atoms with Crippen LogP contribution in [-0.4, -0.2) is 18.2 Å². The van der Waals surface area contributed by atoms with Crippen LogP contribution in [-0.2, 0) is 0 Å². The number of hydrogen-bond acceptors (Lipinski definition) is 2. The average Bonchev–Trinajstić information content (AvgIpc) is 2.03. The molecule has 0 unspecified atom stereocenters. The lowest BCUT2D eigenvalue weighted by Crippen LogP contribution is -2.06. The number of alkyl halides is 1. The summed E-state index contributed by atoms with van der Waals surface area (Å²) in [7, 11) is 0. The summed E-state index contributed by atoms with van der Waals surface area (Å²) in [4.78, 5) is 3.66. The van der Waals surface area contributed by atoms with Crippen molar-refractivity contribution in [3.05, 3.63) is 24.1 Å². The van der Waals surface area contributed by atoms with Gasteiger partial charge in [0.2, 0.25) is 0 Å². The van der Waals surface area contributed by atoms with Gasteiger partial charge in [0.1, 0.15) is 6.67 Å². The maximum atomic E-state index is 12.7. The molecule has 0 fully saturated rings. The highest BCUT2D eigenvalue weighted by Gasteiger charge is 1.98. The van der Waals surface area contributed by atoms with Gasteiger partial charge >= 0.3 is 0 Å². The first-order valence-corrected chi connectivity index (χ1v) is 3.25. The van der Waals surface area contributed by atoms with Gasteiger partial charge in [-0.3, -0.25) is 0 Å². The predicted octanol–water partition coefficient (Wildman–Crippen LogP) is 1.60. The van der Waals surface area contributed by atoms with Crippen molar-refractivity contribution in [3.63, 3.8) is 0 Å². The molecule has 1 heterocycles. The van der Waals surface area contributed by atoms with E-state index >= 15 is 0 Å². The topological polar surface area (TPSA) is 24.9 Å². The van der Waals surface area contributed by atoms with Crippen molar-refractivity contribution in [3.8, 4) is 0 Å². The summed E-state index contributed by atoms with van der Waals surface area (Å²) in [6.07, 6.45) is 1.45. The molecule has 0 aliphatic heterocycles. The number of nitrogens with zero attached hydrogens (tertiary/aromatic N) is 1. The molecule has 0 radical (unpaired) electrons. The van der Waals surface area contributed by atoms with E-state index in [9.17, 15) is 8.78 Å². The van der Waals surface area contributed by atoms with E-state index in [1.54, 1.807) is 0 Å². The quantitative estimate of drug-likeness (QED) is 0.722. The molecule has 0 aromatic carbocycles. The summed E-state index contributed by atoms with van der Waals surface area (Å²) in [6, 6.07) is 2.75. The molecule has 0 aliphatic carbocycles. The van der Waals surface area contributed by atoms with Crippen molar-refractivity contribution in [1.82, 2.24) is 4.98 Å². The van der Waals surface area contributed by atoms with Gasteiger partial charge in [0.25, 0.3) is 0 Å². The van der Waals surface area contributed by atoms with Gasteiger partial charge in [-0.2, -0.15) is 0 Å². The molecule has 0 saturated carbocycles. The highest BCUT2D eigenvalue weighted by molar-refractivity contribution is 5.35. The molecule has 1 rings (SSSR count). The second-order valence-corrected chi connectivity index (χ2v) is 1.95. The van der Waals surface area contributed by atoms with E-state index in [2.05, 4.69) is 10.3 Å². The lowest BCUT2D eigenvalue weighted by atomic mass is 10.4. The van der Waals surface area contributed by atoms with Crippen molar-refractivity contribution in [2.45, 2.75) is 0 Å². The van der Waals surface area contributed by atoms with Crippen LogP contribution in [0.15, 0.2) is 18.3 Å². The van der Waals surface area contributed by atoms with Crippen LogP contribution in [0, 0.1) is 5.82 Å². The molecular formula is C7H8F2N2. The number of halogens is 2. The van der Waals surface area contributed by atoms with Crippen LogP contribution in [0.4, 0.5) is 14.6 Å². The van der Waals surface area contributed by atoms with Gasteiger partial charge in [0, 0.05) is 12.7 Å². The van der Waals surface area contributed by atoms with Crippen molar-refractivity contribution < 1.29 is 8.78 Å². The molecule has 11 heavy (non-hydrogen) atoms. The Morgan fingerprint density at radius 1 is 1.55 bits per heavy atom. The Kier molecular flexibility index (Phi) is 2.77. The SMILES string of the molecule is FCCNc1ncccc1F. The molecule has 0 atom stereocenters. The van der Waals surface area contributed by atoms with Gasteiger partial charge in [0.15, 0.2) is 11.6 Å². The van der Waals surface area contributed by atoms with Crippen LogP contribution in [0.5, 0.6) is 0 Å². The maximum Gasteiger partial charge on any atom is 0.165 e. The Morgan fingerprint density at radius 3 is 3.00 bits per heavy atom. The molecule has 0 bridgehead atoms. The molecule has 0 saturated heterocycles. The Hall–Kier alpha value is -1.19. The highest BCUT2D eigenvalue weighted by Crippen LogP contribution is 2.06. The van der Waals surface area contributed by atoms with Gasteiger partial charge in [-0.05, 0) is 12.1 Å². The van der Waals surface area contributed by atoms with Crippen LogP contribution in [0.3, 0.4) is 0 Å². The van der Waals surface area contributed by atoms with E-state index in [1.165, 1.54) is 18.3 Å². The predicted molar refractivity (Wildman–Crippen MR) is 38.7 cm³/mol. The lowest BCUT2D eigenvalue weighted by Gasteiger charge is -2.01. The van der Waals surface area contributed by atoms with Crippen LogP contribution in [0.25, 0.3) is 0 Å². The largest absolute Gasteiger partial charge is 0.365 e. The molecule has 0 aliphatic rings. The number of anilines is 1. The summed E-state index contributed by atoms with van der Waals surface area (Å²) in [6.45, 7) is -0.441. The van der Waals surface area contributed by atoms with Crippen LogP contribution in [0.1, 0.15) is 0 Å². The standard InChI is InChI=1S/C7H8F2N2/c8-3-5-11-7-6(9)2-1-4-10-7/h1-2,4H,3,5H2,(H,10,11). The second-order valence-electron chi connectivity index (χ2n) is 1.95. The highest BCUT2D eigenvalue weighted by atomic mass is 19.1. The maximum absolute atomic E-state index is 12.7. The molecule has 4 heteroatoms. The minimum absolute atomic E-state index is 0.0912. The van der Waals surface area contributed by atoms with Crippen molar-refractivity contribution >= 4 is 5.82 Å². The Morgan fingerprint density at radius 2 is 2.36 bits per heavy atom. The van der Waals surface area contributed by atoms with E-state index < -0.39 is 12.5 Å². The zero-order chi connectivity index (χ0) is 8.10. The third kappa shape index (κ3) is 2.14. The van der Waals surface area contributed by atoms with E-state index in [4.69, 9.17) is 0 Å². The first-order valence-electron chi connectivity index (χ1n) is 3.25. The minimum Gasteiger partial charge on any atom is -0.365 e. The van der Waals surface area contributed by atoms with E-state index in [0.29, 0.717) is 0 Å². The lowest BCUT2D eigenvalue weighted by molar-refractivity contribution is 0.511. The molecule has 60 valence electrons. The third-order valence-corrected chi connectivity index (χ3v) is 1.15. The number of rotatable bonds is 3. The molecule has 2 nitrogen and oxygen atoms in total. The molecule has 1 aromatic heterocycles. The van der Waals surface area contributed by atoms with Crippen molar-refractivity contribution in [2.75, 3.05) is 18.5 Å². The molecule has 0 amide bonds. The average molecular weight is 158 g/mol. The first-order chi connectivity index (χ1) is 5.34. The Balaban J connectivity index is 2.62. The van der Waals surface area contributed by atoms with Crippen LogP contribution < -0.4 is 5.32 Å². The third-order valence-electron chi connectivity index (χ3n) is 1.15. The van der Waals surface area contributed by atoms with Crippen molar-refractivity contribution in [2.24, 2.45) is 0 Å². The summed E-state index contributed by atoms with van der Waals surface area (Å²) in [5.41, 5.74) is 0. The van der Waals surface area contributed by atoms with E-state index in [1.807, 2.05) is 0 Å². The van der Waals surface area contributed by atoms with Gasteiger partial charge in [-0.1, -0.05) is 0 Å². The summed E-state index contributed by atoms with van der Waals surface area (Å²) in [5.74, 6) is -0.355. The minimum atomic E-state index is -0.532. The van der Waals surface area contributed by atoms with Gasteiger partial charge in [-0.25, -0.2) is 13.8 Å². The summed E-state index contributed by atoms with van der Waals surface area (Å²) < 4.78 is 24.3. The number of nitrogens with one attached hydrogen (secondary N) is 1. The smallest absolute Gasteiger partial charge is 0.165 e. The molecular weight excluding hydrogens is 150 g/mol. The monoisotopic (exact) mass is 158 g/mol. The Labute approximate surface area is 63.3 Å². The fourth-order valence-electron chi connectivity index (χ4n) is 0.681. The number of hydrogen-bond donors (Lipinski definition) is 1. The van der Waals surface area contributed by atoms with E-state index in [0.717, 1.165) is 0 Å². The van der Waals surface area contributed by atoms with E-state index in [-0.39, 0.29) is 12.4 Å². The zero-order valence-electron chi connectivity index (χ0n) is 5.85. The zero-order valence-corrected chi connectivity index (χ0v) is 5.85. The Bertz CT molecular complexity index is 227. The fourth-order valence-corrected chi connectivity index (χ4v) is 0.681. The molecule has 1 N–H and O–H groups in total. The van der Waals surface area contributed by atoms with Crippen molar-refractivity contribution in [1.29, 1.82) is 0 Å². The summed E-state index contributed by atoms with van der Waals surface area (Å²) >= 11 is 0. The molecule has 0 spiro atoms.